The summed E-state index contributed by atoms with van der Waals surface area (Å²) in [6.07, 6.45) is 2.20. The number of aldehydes is 1. The van der Waals surface area contributed by atoms with Gasteiger partial charge in [0.25, 0.3) is 0 Å². The third-order valence-corrected chi connectivity index (χ3v) is 2.97. The van der Waals surface area contributed by atoms with E-state index in [0.29, 0.717) is 23.1 Å². The average molecular weight is 267 g/mol. The maximum atomic E-state index is 13.4. The van der Waals surface area contributed by atoms with E-state index in [1.54, 1.807) is 4.68 Å². The van der Waals surface area contributed by atoms with Gasteiger partial charge in [0.2, 0.25) is 0 Å². The van der Waals surface area contributed by atoms with E-state index in [1.165, 1.54) is 24.4 Å². The SMILES string of the molecule is O=Cc1ccc(F)cc1-c1cnnn1-c1ccccc1. The van der Waals surface area contributed by atoms with Crippen LogP contribution in [0, 0.1) is 5.82 Å². The van der Waals surface area contributed by atoms with Crippen LogP contribution in [0.5, 0.6) is 0 Å². The summed E-state index contributed by atoms with van der Waals surface area (Å²) >= 11 is 0. The highest BCUT2D eigenvalue weighted by Crippen LogP contribution is 2.25. The van der Waals surface area contributed by atoms with E-state index < -0.39 is 5.82 Å². The molecule has 0 aliphatic rings. The van der Waals surface area contributed by atoms with Crippen molar-refractivity contribution in [2.75, 3.05) is 0 Å². The minimum Gasteiger partial charge on any atom is -0.298 e. The fourth-order valence-electron chi connectivity index (χ4n) is 2.03. The lowest BCUT2D eigenvalue weighted by Crippen LogP contribution is -2.01. The molecule has 0 radical (unpaired) electrons. The second-order valence-corrected chi connectivity index (χ2v) is 4.22. The number of hydrogen-bond acceptors (Lipinski definition) is 3. The molecule has 0 saturated heterocycles. The number of nitrogens with zero attached hydrogens (tertiary/aromatic N) is 3. The minimum atomic E-state index is -0.411. The molecule has 3 rings (SSSR count). The average Bonchev–Trinajstić information content (AvgIpc) is 2.97. The highest BCUT2D eigenvalue weighted by Gasteiger charge is 2.13. The lowest BCUT2D eigenvalue weighted by Gasteiger charge is -2.08. The summed E-state index contributed by atoms with van der Waals surface area (Å²) in [7, 11) is 0. The summed E-state index contributed by atoms with van der Waals surface area (Å²) in [6.45, 7) is 0. The number of carbonyl (C=O) groups excluding carboxylic acids is 1. The van der Waals surface area contributed by atoms with Crippen LogP contribution in [0.3, 0.4) is 0 Å². The molecule has 0 atom stereocenters. The summed E-state index contributed by atoms with van der Waals surface area (Å²) in [5.74, 6) is -0.411. The van der Waals surface area contributed by atoms with Gasteiger partial charge in [0.1, 0.15) is 5.82 Å². The number of carbonyl (C=O) groups is 1. The molecule has 98 valence electrons. The van der Waals surface area contributed by atoms with E-state index >= 15 is 0 Å². The van der Waals surface area contributed by atoms with E-state index in [2.05, 4.69) is 10.3 Å². The molecule has 0 bridgehead atoms. The van der Waals surface area contributed by atoms with Gasteiger partial charge in [0.15, 0.2) is 6.29 Å². The quantitative estimate of drug-likeness (QED) is 0.685. The van der Waals surface area contributed by atoms with Crippen LogP contribution in [0.1, 0.15) is 10.4 Å². The molecule has 0 saturated carbocycles. The Hall–Kier alpha value is -2.82. The van der Waals surface area contributed by atoms with Crippen molar-refractivity contribution in [1.82, 2.24) is 15.0 Å². The van der Waals surface area contributed by atoms with Crippen molar-refractivity contribution in [3.05, 3.63) is 66.1 Å². The van der Waals surface area contributed by atoms with Gasteiger partial charge in [-0.1, -0.05) is 23.4 Å². The molecule has 0 N–H and O–H groups in total. The molecule has 4 nitrogen and oxygen atoms in total. The van der Waals surface area contributed by atoms with E-state index in [1.807, 2.05) is 30.3 Å². The first-order chi connectivity index (χ1) is 9.79. The number of benzene rings is 2. The van der Waals surface area contributed by atoms with Crippen LogP contribution in [0.15, 0.2) is 54.7 Å². The highest BCUT2D eigenvalue weighted by atomic mass is 19.1. The maximum absolute atomic E-state index is 13.4. The second kappa shape index (κ2) is 5.05. The Morgan fingerprint density at radius 3 is 2.65 bits per heavy atom. The Morgan fingerprint density at radius 2 is 1.90 bits per heavy atom. The fraction of sp³-hybridized carbons (Fsp3) is 0. The smallest absolute Gasteiger partial charge is 0.150 e. The summed E-state index contributed by atoms with van der Waals surface area (Å²) in [5, 5.41) is 7.85. The molecule has 0 aliphatic heterocycles. The number of hydrogen-bond donors (Lipinski definition) is 0. The molecule has 1 aromatic heterocycles. The van der Waals surface area contributed by atoms with Gasteiger partial charge in [-0.3, -0.25) is 4.79 Å². The molecule has 2 aromatic carbocycles. The molecule has 1 heterocycles. The number of para-hydroxylation sites is 1. The molecular weight excluding hydrogens is 257 g/mol. The van der Waals surface area contributed by atoms with Crippen molar-refractivity contribution in [2.45, 2.75) is 0 Å². The van der Waals surface area contributed by atoms with Crippen LogP contribution < -0.4 is 0 Å². The van der Waals surface area contributed by atoms with Crippen molar-refractivity contribution < 1.29 is 9.18 Å². The van der Waals surface area contributed by atoms with Gasteiger partial charge in [-0.15, -0.1) is 5.10 Å². The molecule has 0 amide bonds. The predicted octanol–water partition coefficient (Wildman–Crippen LogP) is 2.89. The molecule has 3 aromatic rings. The number of halogens is 1. The third-order valence-electron chi connectivity index (χ3n) is 2.97. The van der Waals surface area contributed by atoms with Crippen LogP contribution in [-0.2, 0) is 0 Å². The molecule has 0 unspecified atom stereocenters. The molecule has 0 spiro atoms. The van der Waals surface area contributed by atoms with Crippen molar-refractivity contribution in [3.8, 4) is 16.9 Å². The lowest BCUT2D eigenvalue weighted by molar-refractivity contribution is 0.112. The Morgan fingerprint density at radius 1 is 1.10 bits per heavy atom. The standard InChI is InChI=1S/C15H10FN3O/c16-12-7-6-11(10-20)14(8-12)15-9-17-18-19(15)13-4-2-1-3-5-13/h1-10H. The van der Waals surface area contributed by atoms with E-state index in [-0.39, 0.29) is 0 Å². The van der Waals surface area contributed by atoms with Gasteiger partial charge in [0, 0.05) is 11.1 Å². The Labute approximate surface area is 114 Å². The summed E-state index contributed by atoms with van der Waals surface area (Å²) in [6, 6.07) is 13.3. The molecule has 0 fully saturated rings. The van der Waals surface area contributed by atoms with E-state index in [4.69, 9.17) is 0 Å². The first kappa shape index (κ1) is 12.2. The largest absolute Gasteiger partial charge is 0.298 e. The number of aromatic nitrogens is 3. The molecule has 0 aliphatic carbocycles. The van der Waals surface area contributed by atoms with Gasteiger partial charge < -0.3 is 0 Å². The fourth-order valence-corrected chi connectivity index (χ4v) is 2.03. The Bertz CT molecular complexity index is 753. The normalized spacial score (nSPS) is 10.4. The summed E-state index contributed by atoms with van der Waals surface area (Å²) in [4.78, 5) is 11.1. The van der Waals surface area contributed by atoms with Gasteiger partial charge in [0.05, 0.1) is 17.6 Å². The van der Waals surface area contributed by atoms with Crippen molar-refractivity contribution in [2.24, 2.45) is 0 Å². The van der Waals surface area contributed by atoms with Crippen molar-refractivity contribution in [3.63, 3.8) is 0 Å². The maximum Gasteiger partial charge on any atom is 0.150 e. The molecular formula is C15H10FN3O. The first-order valence-corrected chi connectivity index (χ1v) is 6.01. The Balaban J connectivity index is 2.20. The summed E-state index contributed by atoms with van der Waals surface area (Å²) < 4.78 is 15.0. The Kier molecular flexibility index (Phi) is 3.09. The van der Waals surface area contributed by atoms with Crippen LogP contribution in [0.4, 0.5) is 4.39 Å². The van der Waals surface area contributed by atoms with Crippen LogP contribution in [-0.4, -0.2) is 21.3 Å². The summed E-state index contributed by atoms with van der Waals surface area (Å²) in [5.41, 5.74) is 2.22. The van der Waals surface area contributed by atoms with Crippen LogP contribution >= 0.6 is 0 Å². The van der Waals surface area contributed by atoms with Crippen molar-refractivity contribution >= 4 is 6.29 Å². The topological polar surface area (TPSA) is 47.8 Å². The van der Waals surface area contributed by atoms with Gasteiger partial charge in [-0.25, -0.2) is 9.07 Å². The van der Waals surface area contributed by atoms with Gasteiger partial charge in [-0.2, -0.15) is 0 Å². The van der Waals surface area contributed by atoms with Gasteiger partial charge >= 0.3 is 0 Å². The predicted molar refractivity (Wildman–Crippen MR) is 72.1 cm³/mol. The number of rotatable bonds is 3. The highest BCUT2D eigenvalue weighted by molar-refractivity contribution is 5.86. The second-order valence-electron chi connectivity index (χ2n) is 4.22. The monoisotopic (exact) mass is 267 g/mol. The first-order valence-electron chi connectivity index (χ1n) is 6.01. The molecule has 5 heteroatoms. The van der Waals surface area contributed by atoms with Gasteiger partial charge in [-0.05, 0) is 30.3 Å². The van der Waals surface area contributed by atoms with E-state index in [0.717, 1.165) is 5.69 Å². The minimum absolute atomic E-state index is 0.394. The zero-order valence-corrected chi connectivity index (χ0v) is 10.4. The van der Waals surface area contributed by atoms with Crippen LogP contribution in [0.2, 0.25) is 0 Å². The molecule has 20 heavy (non-hydrogen) atoms. The lowest BCUT2D eigenvalue weighted by atomic mass is 10.1. The zero-order chi connectivity index (χ0) is 13.9. The zero-order valence-electron chi connectivity index (χ0n) is 10.4. The van der Waals surface area contributed by atoms with E-state index in [9.17, 15) is 9.18 Å². The third kappa shape index (κ3) is 2.09. The van der Waals surface area contributed by atoms with Crippen LogP contribution in [0.25, 0.3) is 16.9 Å². The van der Waals surface area contributed by atoms with Crippen molar-refractivity contribution in [1.29, 1.82) is 0 Å².